The summed E-state index contributed by atoms with van der Waals surface area (Å²) in [4.78, 5) is 2.64. The van der Waals surface area contributed by atoms with Gasteiger partial charge in [-0.1, -0.05) is 58.9 Å². The molecule has 0 saturated carbocycles. The minimum Gasteiger partial charge on any atom is -0.299 e. The van der Waals surface area contributed by atoms with E-state index in [4.69, 9.17) is 0 Å². The molecule has 0 amide bonds. The summed E-state index contributed by atoms with van der Waals surface area (Å²) in [5, 5.41) is 0. The van der Waals surface area contributed by atoms with Crippen molar-refractivity contribution < 1.29 is 0 Å². The van der Waals surface area contributed by atoms with E-state index in [1.807, 2.05) is 0 Å². The molecule has 1 aromatic rings. The monoisotopic (exact) mass is 273 g/mol. The van der Waals surface area contributed by atoms with Gasteiger partial charge in [-0.2, -0.15) is 0 Å². The fraction of sp³-hybridized carbons (Fsp3) is 0.684. The van der Waals surface area contributed by atoms with Crippen molar-refractivity contribution in [1.29, 1.82) is 0 Å². The van der Waals surface area contributed by atoms with E-state index < -0.39 is 0 Å². The Labute approximate surface area is 125 Å². The van der Waals surface area contributed by atoms with Gasteiger partial charge in [0.05, 0.1) is 0 Å². The summed E-state index contributed by atoms with van der Waals surface area (Å²) in [6, 6.07) is 9.14. The first kappa shape index (κ1) is 15.6. The van der Waals surface area contributed by atoms with E-state index in [2.05, 4.69) is 63.8 Å². The van der Waals surface area contributed by atoms with Crippen molar-refractivity contribution in [3.63, 3.8) is 0 Å². The summed E-state index contributed by atoms with van der Waals surface area (Å²) >= 11 is 0. The molecule has 0 bridgehead atoms. The fourth-order valence-corrected chi connectivity index (χ4v) is 3.69. The minimum atomic E-state index is 0.626. The standard InChI is InChI=1S/C19H31N/c1-14(2)18-8-6-7-17(11-18)13-20-10-9-19(15(3)4)16(5)12-20/h6-8,11,14-16,19H,9-10,12-13H2,1-5H3. The van der Waals surface area contributed by atoms with Gasteiger partial charge in [0.2, 0.25) is 0 Å². The highest BCUT2D eigenvalue weighted by Gasteiger charge is 2.27. The molecule has 1 aliphatic rings. The van der Waals surface area contributed by atoms with Crippen LogP contribution in [0.15, 0.2) is 24.3 Å². The van der Waals surface area contributed by atoms with Crippen molar-refractivity contribution in [2.75, 3.05) is 13.1 Å². The molecule has 1 saturated heterocycles. The molecule has 0 spiro atoms. The molecule has 1 nitrogen and oxygen atoms in total. The van der Waals surface area contributed by atoms with Crippen molar-refractivity contribution in [2.45, 2.75) is 53.5 Å². The smallest absolute Gasteiger partial charge is 0.0233 e. The lowest BCUT2D eigenvalue weighted by atomic mass is 9.79. The van der Waals surface area contributed by atoms with Gasteiger partial charge in [0, 0.05) is 13.1 Å². The Kier molecular flexibility index (Phi) is 5.26. The van der Waals surface area contributed by atoms with E-state index in [0.29, 0.717) is 5.92 Å². The van der Waals surface area contributed by atoms with Crippen LogP contribution >= 0.6 is 0 Å². The first-order valence-electron chi connectivity index (χ1n) is 8.28. The van der Waals surface area contributed by atoms with Gasteiger partial charge in [0.1, 0.15) is 0 Å². The second-order valence-electron chi connectivity index (χ2n) is 7.31. The van der Waals surface area contributed by atoms with Crippen LogP contribution in [0.2, 0.25) is 0 Å². The third kappa shape index (κ3) is 3.85. The number of rotatable bonds is 4. The van der Waals surface area contributed by atoms with Crippen LogP contribution in [-0.2, 0) is 6.54 Å². The van der Waals surface area contributed by atoms with Crippen molar-refractivity contribution in [3.8, 4) is 0 Å². The Morgan fingerprint density at radius 2 is 1.95 bits per heavy atom. The number of nitrogens with zero attached hydrogens (tertiary/aromatic N) is 1. The molecule has 0 N–H and O–H groups in total. The molecule has 1 heteroatoms. The highest BCUT2D eigenvalue weighted by molar-refractivity contribution is 5.25. The zero-order valence-electron chi connectivity index (χ0n) is 13.9. The van der Waals surface area contributed by atoms with Gasteiger partial charge >= 0.3 is 0 Å². The zero-order valence-corrected chi connectivity index (χ0v) is 13.9. The van der Waals surface area contributed by atoms with Gasteiger partial charge < -0.3 is 0 Å². The maximum Gasteiger partial charge on any atom is 0.0233 e. The summed E-state index contributed by atoms with van der Waals surface area (Å²) in [5.41, 5.74) is 2.94. The van der Waals surface area contributed by atoms with Crippen LogP contribution in [0.5, 0.6) is 0 Å². The maximum absolute atomic E-state index is 2.64. The van der Waals surface area contributed by atoms with E-state index in [1.165, 1.54) is 30.6 Å². The Bertz CT molecular complexity index is 422. The summed E-state index contributed by atoms with van der Waals surface area (Å²) < 4.78 is 0. The van der Waals surface area contributed by atoms with Crippen LogP contribution in [0.1, 0.15) is 58.1 Å². The van der Waals surface area contributed by atoms with Crippen LogP contribution in [0.4, 0.5) is 0 Å². The molecular formula is C19H31N. The minimum absolute atomic E-state index is 0.626. The molecule has 0 aromatic heterocycles. The number of likely N-dealkylation sites (tertiary alicyclic amines) is 1. The van der Waals surface area contributed by atoms with Gasteiger partial charge in [-0.15, -0.1) is 0 Å². The normalized spacial score (nSPS) is 24.6. The van der Waals surface area contributed by atoms with Crippen LogP contribution in [-0.4, -0.2) is 18.0 Å². The quantitative estimate of drug-likeness (QED) is 0.752. The largest absolute Gasteiger partial charge is 0.299 e. The molecule has 2 unspecified atom stereocenters. The molecule has 20 heavy (non-hydrogen) atoms. The Morgan fingerprint density at radius 3 is 2.55 bits per heavy atom. The fourth-order valence-electron chi connectivity index (χ4n) is 3.69. The van der Waals surface area contributed by atoms with Gasteiger partial charge in [-0.25, -0.2) is 0 Å². The average molecular weight is 273 g/mol. The molecule has 1 fully saturated rings. The van der Waals surface area contributed by atoms with Gasteiger partial charge in [-0.3, -0.25) is 4.90 Å². The van der Waals surface area contributed by atoms with Crippen LogP contribution in [0.3, 0.4) is 0 Å². The Morgan fingerprint density at radius 1 is 1.20 bits per heavy atom. The molecule has 2 atom stereocenters. The molecule has 1 aromatic carbocycles. The second kappa shape index (κ2) is 6.76. The lowest BCUT2D eigenvalue weighted by molar-refractivity contribution is 0.0967. The van der Waals surface area contributed by atoms with E-state index in [9.17, 15) is 0 Å². The van der Waals surface area contributed by atoms with Crippen molar-refractivity contribution in [1.82, 2.24) is 4.90 Å². The first-order valence-corrected chi connectivity index (χ1v) is 8.28. The SMILES string of the molecule is CC(C)c1cccc(CN2CCC(C(C)C)C(C)C2)c1. The first-order chi connectivity index (χ1) is 9.47. The summed E-state index contributed by atoms with van der Waals surface area (Å²) in [6.45, 7) is 15.4. The number of hydrogen-bond donors (Lipinski definition) is 0. The zero-order chi connectivity index (χ0) is 14.7. The van der Waals surface area contributed by atoms with E-state index in [0.717, 1.165) is 24.3 Å². The molecule has 1 heterocycles. The van der Waals surface area contributed by atoms with Gasteiger partial charge in [0.15, 0.2) is 0 Å². The Balaban J connectivity index is 1.96. The summed E-state index contributed by atoms with van der Waals surface area (Å²) in [6.07, 6.45) is 1.36. The lowest BCUT2D eigenvalue weighted by Gasteiger charge is -2.39. The second-order valence-corrected chi connectivity index (χ2v) is 7.31. The number of benzene rings is 1. The molecule has 0 aliphatic carbocycles. The third-order valence-electron chi connectivity index (χ3n) is 4.94. The Hall–Kier alpha value is -0.820. The maximum atomic E-state index is 2.64. The third-order valence-corrected chi connectivity index (χ3v) is 4.94. The van der Waals surface area contributed by atoms with E-state index in [-0.39, 0.29) is 0 Å². The number of piperidine rings is 1. The van der Waals surface area contributed by atoms with Gasteiger partial charge in [0.25, 0.3) is 0 Å². The molecular weight excluding hydrogens is 242 g/mol. The summed E-state index contributed by atoms with van der Waals surface area (Å²) in [5.74, 6) is 3.20. The predicted octanol–water partition coefficient (Wildman–Crippen LogP) is 4.92. The van der Waals surface area contributed by atoms with Crippen LogP contribution in [0.25, 0.3) is 0 Å². The van der Waals surface area contributed by atoms with Crippen molar-refractivity contribution in [2.24, 2.45) is 17.8 Å². The molecule has 1 aliphatic heterocycles. The van der Waals surface area contributed by atoms with E-state index >= 15 is 0 Å². The molecule has 112 valence electrons. The predicted molar refractivity (Wildman–Crippen MR) is 87.9 cm³/mol. The topological polar surface area (TPSA) is 3.24 Å². The summed E-state index contributed by atoms with van der Waals surface area (Å²) in [7, 11) is 0. The van der Waals surface area contributed by atoms with E-state index in [1.54, 1.807) is 0 Å². The average Bonchev–Trinajstić information content (AvgIpc) is 2.38. The molecule has 2 rings (SSSR count). The van der Waals surface area contributed by atoms with Crippen LogP contribution < -0.4 is 0 Å². The van der Waals surface area contributed by atoms with Crippen LogP contribution in [0, 0.1) is 17.8 Å². The number of hydrogen-bond acceptors (Lipinski definition) is 1. The highest BCUT2D eigenvalue weighted by atomic mass is 15.1. The van der Waals surface area contributed by atoms with Crippen molar-refractivity contribution >= 4 is 0 Å². The van der Waals surface area contributed by atoms with Crippen molar-refractivity contribution in [3.05, 3.63) is 35.4 Å². The highest BCUT2D eigenvalue weighted by Crippen LogP contribution is 2.30. The lowest BCUT2D eigenvalue weighted by Crippen LogP contribution is -2.40. The van der Waals surface area contributed by atoms with Gasteiger partial charge in [-0.05, 0) is 47.8 Å². The molecule has 0 radical (unpaired) electrons.